The minimum Gasteiger partial charge on any atom is -0.484 e. The number of ketones is 1. The number of hydrogen-bond acceptors (Lipinski definition) is 8. The van der Waals surface area contributed by atoms with Crippen LogP contribution in [0.15, 0.2) is 24.3 Å². The number of hydrogen-bond donors (Lipinski definition) is 4. The molecule has 164 valence electrons. The highest BCUT2D eigenvalue weighted by Gasteiger charge is 2.34. The van der Waals surface area contributed by atoms with Gasteiger partial charge >= 0.3 is 0 Å². The van der Waals surface area contributed by atoms with Crippen LogP contribution in [-0.2, 0) is 4.79 Å². The summed E-state index contributed by atoms with van der Waals surface area (Å²) in [6, 6.07) is 6.36. The number of carbonyl (C=O) groups is 2. The fourth-order valence-corrected chi connectivity index (χ4v) is 2.95. The number of aliphatic hydroxyl groups excluding tert-OH is 4. The molecule has 0 fully saturated rings. The SMILES string of the molecule is CC(C)(C(=O)c1ccc(OCC(=O)N(CCO)CCO)cc1)N(CCO)CCO. The van der Waals surface area contributed by atoms with Crippen LogP contribution >= 0.6 is 0 Å². The lowest BCUT2D eigenvalue weighted by molar-refractivity contribution is -0.134. The highest BCUT2D eigenvalue weighted by molar-refractivity contribution is 6.02. The lowest BCUT2D eigenvalue weighted by Crippen LogP contribution is -2.52. The van der Waals surface area contributed by atoms with E-state index in [1.54, 1.807) is 43.0 Å². The van der Waals surface area contributed by atoms with Crippen molar-refractivity contribution in [2.45, 2.75) is 19.4 Å². The fourth-order valence-electron chi connectivity index (χ4n) is 2.95. The summed E-state index contributed by atoms with van der Waals surface area (Å²) >= 11 is 0. The Morgan fingerprint density at radius 3 is 1.79 bits per heavy atom. The second-order valence-corrected chi connectivity index (χ2v) is 6.96. The topological polar surface area (TPSA) is 131 Å². The van der Waals surface area contributed by atoms with Gasteiger partial charge in [-0.25, -0.2) is 0 Å². The Morgan fingerprint density at radius 2 is 1.34 bits per heavy atom. The van der Waals surface area contributed by atoms with Gasteiger partial charge in [0.1, 0.15) is 5.75 Å². The van der Waals surface area contributed by atoms with Gasteiger partial charge in [0.15, 0.2) is 12.4 Å². The van der Waals surface area contributed by atoms with E-state index in [1.165, 1.54) is 4.90 Å². The summed E-state index contributed by atoms with van der Waals surface area (Å²) < 4.78 is 5.44. The number of carbonyl (C=O) groups excluding carboxylic acids is 2. The number of aliphatic hydroxyl groups is 4. The van der Waals surface area contributed by atoms with Crippen molar-refractivity contribution in [1.29, 1.82) is 0 Å². The molecule has 0 unspecified atom stereocenters. The third kappa shape index (κ3) is 7.37. The zero-order chi connectivity index (χ0) is 21.9. The maximum absolute atomic E-state index is 12.9. The van der Waals surface area contributed by atoms with Crippen LogP contribution in [0.3, 0.4) is 0 Å². The second-order valence-electron chi connectivity index (χ2n) is 6.96. The number of Topliss-reactive ketones (excluding diaryl/α,β-unsaturated/α-hetero) is 1. The van der Waals surface area contributed by atoms with Crippen LogP contribution in [0.2, 0.25) is 0 Å². The van der Waals surface area contributed by atoms with Gasteiger partial charge in [0.2, 0.25) is 0 Å². The molecular formula is C20H32N2O7. The van der Waals surface area contributed by atoms with Gasteiger partial charge in [-0.1, -0.05) is 0 Å². The average Bonchev–Trinajstić information content (AvgIpc) is 2.71. The van der Waals surface area contributed by atoms with E-state index in [-0.39, 0.29) is 70.9 Å². The number of amides is 1. The first-order chi connectivity index (χ1) is 13.8. The highest BCUT2D eigenvalue weighted by atomic mass is 16.5. The van der Waals surface area contributed by atoms with E-state index in [1.807, 2.05) is 0 Å². The number of benzene rings is 1. The lowest BCUT2D eigenvalue weighted by Gasteiger charge is -2.36. The van der Waals surface area contributed by atoms with Crippen molar-refractivity contribution in [2.24, 2.45) is 0 Å². The molecule has 4 N–H and O–H groups in total. The predicted molar refractivity (Wildman–Crippen MR) is 107 cm³/mol. The van der Waals surface area contributed by atoms with Gasteiger partial charge in [-0.3, -0.25) is 14.5 Å². The molecule has 29 heavy (non-hydrogen) atoms. The summed E-state index contributed by atoms with van der Waals surface area (Å²) in [5.74, 6) is -0.125. The van der Waals surface area contributed by atoms with Crippen molar-refractivity contribution >= 4 is 11.7 Å². The number of ether oxygens (including phenoxy) is 1. The van der Waals surface area contributed by atoms with E-state index in [4.69, 9.17) is 14.9 Å². The number of rotatable bonds is 14. The van der Waals surface area contributed by atoms with Crippen molar-refractivity contribution < 1.29 is 34.8 Å². The van der Waals surface area contributed by atoms with Crippen LogP contribution in [0.4, 0.5) is 0 Å². The quantitative estimate of drug-likeness (QED) is 0.290. The summed E-state index contributed by atoms with van der Waals surface area (Å²) in [5, 5.41) is 36.4. The molecule has 1 rings (SSSR count). The first kappa shape index (κ1) is 25.0. The first-order valence-electron chi connectivity index (χ1n) is 9.55. The van der Waals surface area contributed by atoms with Crippen LogP contribution in [0.25, 0.3) is 0 Å². The van der Waals surface area contributed by atoms with Crippen LogP contribution in [0.1, 0.15) is 24.2 Å². The molecule has 0 heterocycles. The van der Waals surface area contributed by atoms with E-state index in [9.17, 15) is 19.8 Å². The maximum atomic E-state index is 12.9. The largest absolute Gasteiger partial charge is 0.484 e. The van der Waals surface area contributed by atoms with Crippen LogP contribution < -0.4 is 4.74 Å². The standard InChI is InChI=1S/C20H32N2O7/c1-20(2,22(9-13-25)10-14-26)19(28)16-3-5-17(6-4-16)29-15-18(27)21(7-11-23)8-12-24/h3-6,23-26H,7-15H2,1-2H3. The molecule has 0 saturated carbocycles. The molecule has 1 amide bonds. The van der Waals surface area contributed by atoms with Gasteiger partial charge in [-0.2, -0.15) is 0 Å². The molecule has 0 aliphatic rings. The zero-order valence-electron chi connectivity index (χ0n) is 17.1. The molecule has 0 aliphatic heterocycles. The molecular weight excluding hydrogens is 380 g/mol. The molecule has 9 heteroatoms. The normalized spacial score (nSPS) is 11.6. The Kier molecular flexibility index (Phi) is 10.8. The Labute approximate surface area is 171 Å². The van der Waals surface area contributed by atoms with Crippen LogP contribution in [-0.4, -0.2) is 107 Å². The van der Waals surface area contributed by atoms with Crippen molar-refractivity contribution in [3.63, 3.8) is 0 Å². The Hall–Kier alpha value is -2.04. The molecule has 1 aromatic rings. The van der Waals surface area contributed by atoms with Gasteiger partial charge in [-0.15, -0.1) is 0 Å². The average molecular weight is 412 g/mol. The van der Waals surface area contributed by atoms with Crippen LogP contribution in [0, 0.1) is 0 Å². The van der Waals surface area contributed by atoms with E-state index in [0.29, 0.717) is 11.3 Å². The Balaban J connectivity index is 2.77. The molecule has 0 aromatic heterocycles. The summed E-state index contributed by atoms with van der Waals surface area (Å²) in [7, 11) is 0. The Bertz CT molecular complexity index is 622. The van der Waals surface area contributed by atoms with Gasteiger partial charge in [0.05, 0.1) is 32.0 Å². The maximum Gasteiger partial charge on any atom is 0.260 e. The molecule has 0 saturated heterocycles. The highest BCUT2D eigenvalue weighted by Crippen LogP contribution is 2.22. The van der Waals surface area contributed by atoms with Gasteiger partial charge in [0.25, 0.3) is 5.91 Å². The van der Waals surface area contributed by atoms with Gasteiger partial charge in [-0.05, 0) is 38.1 Å². The molecule has 0 spiro atoms. The van der Waals surface area contributed by atoms with Crippen LogP contribution in [0.5, 0.6) is 5.75 Å². The molecule has 1 aromatic carbocycles. The van der Waals surface area contributed by atoms with Crippen molar-refractivity contribution in [2.75, 3.05) is 59.2 Å². The first-order valence-corrected chi connectivity index (χ1v) is 9.55. The Morgan fingerprint density at radius 1 is 0.862 bits per heavy atom. The van der Waals surface area contributed by atoms with Gasteiger partial charge in [0, 0.05) is 31.7 Å². The van der Waals surface area contributed by atoms with E-state index in [0.717, 1.165) is 0 Å². The second kappa shape index (κ2) is 12.5. The van der Waals surface area contributed by atoms with E-state index in [2.05, 4.69) is 0 Å². The summed E-state index contributed by atoms with van der Waals surface area (Å²) in [6.45, 7) is 3.32. The minimum absolute atomic E-state index is 0.115. The summed E-state index contributed by atoms with van der Waals surface area (Å²) in [4.78, 5) is 28.0. The number of nitrogens with zero attached hydrogens (tertiary/aromatic N) is 2. The van der Waals surface area contributed by atoms with Crippen molar-refractivity contribution in [1.82, 2.24) is 9.80 Å². The molecule has 0 atom stereocenters. The molecule has 0 aliphatic carbocycles. The third-order valence-electron chi connectivity index (χ3n) is 4.66. The minimum atomic E-state index is -0.918. The monoisotopic (exact) mass is 412 g/mol. The molecule has 0 bridgehead atoms. The predicted octanol–water partition coefficient (Wildman–Crippen LogP) is -0.873. The lowest BCUT2D eigenvalue weighted by atomic mass is 9.91. The summed E-state index contributed by atoms with van der Waals surface area (Å²) in [5.41, 5.74) is -0.476. The smallest absolute Gasteiger partial charge is 0.260 e. The van der Waals surface area contributed by atoms with Crippen molar-refractivity contribution in [3.8, 4) is 5.75 Å². The molecule has 9 nitrogen and oxygen atoms in total. The number of β-amino-alcohol motifs (C(OH)–C–C–N with tert-alkyl or cyclic N) is 2. The van der Waals surface area contributed by atoms with E-state index < -0.39 is 5.54 Å². The zero-order valence-corrected chi connectivity index (χ0v) is 17.1. The summed E-state index contributed by atoms with van der Waals surface area (Å²) in [6.07, 6.45) is 0. The van der Waals surface area contributed by atoms with Crippen molar-refractivity contribution in [3.05, 3.63) is 29.8 Å². The van der Waals surface area contributed by atoms with Gasteiger partial charge < -0.3 is 30.1 Å². The fraction of sp³-hybridized carbons (Fsp3) is 0.600. The third-order valence-corrected chi connectivity index (χ3v) is 4.66. The van der Waals surface area contributed by atoms with E-state index >= 15 is 0 Å². The molecule has 0 radical (unpaired) electrons.